The van der Waals surface area contributed by atoms with Crippen molar-refractivity contribution in [2.75, 3.05) is 6.61 Å². The van der Waals surface area contributed by atoms with E-state index in [1.165, 1.54) is 17.7 Å². The summed E-state index contributed by atoms with van der Waals surface area (Å²) in [5.41, 5.74) is 5.81. The number of rotatable bonds is 3. The third-order valence-electron chi connectivity index (χ3n) is 3.50. The number of nitrogens with one attached hydrogen (secondary N) is 1. The van der Waals surface area contributed by atoms with Crippen molar-refractivity contribution >= 4 is 15.9 Å². The zero-order chi connectivity index (χ0) is 14.1. The normalized spacial score (nSPS) is 14.8. The average Bonchev–Trinajstić information content (AvgIpc) is 2.91. The molecule has 1 aliphatic rings. The zero-order valence-corrected chi connectivity index (χ0v) is 12.3. The van der Waals surface area contributed by atoms with Crippen LogP contribution in [0.5, 0.6) is 5.75 Å². The summed E-state index contributed by atoms with van der Waals surface area (Å²) in [6.45, 7) is 0.689. The first-order chi connectivity index (χ1) is 9.70. The van der Waals surface area contributed by atoms with E-state index in [0.29, 0.717) is 11.1 Å². The molecule has 0 bridgehead atoms. The molecule has 0 spiro atoms. The van der Waals surface area contributed by atoms with Gasteiger partial charge in [-0.2, -0.15) is 0 Å². The quantitative estimate of drug-likeness (QED) is 0.668. The third-order valence-corrected chi connectivity index (χ3v) is 4.18. The van der Waals surface area contributed by atoms with Crippen LogP contribution in [-0.4, -0.2) is 6.61 Å². The fourth-order valence-corrected chi connectivity index (χ4v) is 3.13. The number of hydrogen-bond acceptors (Lipinski definition) is 3. The lowest BCUT2D eigenvalue weighted by Gasteiger charge is -2.20. The van der Waals surface area contributed by atoms with Gasteiger partial charge in [-0.3, -0.25) is 5.84 Å². The maximum absolute atomic E-state index is 13.2. The molecule has 0 fully saturated rings. The molecule has 3 rings (SSSR count). The van der Waals surface area contributed by atoms with E-state index in [2.05, 4.69) is 27.4 Å². The summed E-state index contributed by atoms with van der Waals surface area (Å²) in [6.07, 6.45) is 0.908. The van der Waals surface area contributed by atoms with E-state index >= 15 is 0 Å². The first-order valence-corrected chi connectivity index (χ1v) is 7.15. The monoisotopic (exact) mass is 336 g/mol. The standard InChI is InChI=1S/C15H14BrFN2O/c16-13-8-10(17)4-5-11(13)14(19-18)12-3-1-2-9-6-7-20-15(9)12/h1-5,8,14,19H,6-7,18H2. The maximum Gasteiger partial charge on any atom is 0.127 e. The highest BCUT2D eigenvalue weighted by atomic mass is 79.9. The molecule has 0 aromatic heterocycles. The minimum absolute atomic E-state index is 0.252. The van der Waals surface area contributed by atoms with Crippen LogP contribution in [0, 0.1) is 5.82 Å². The first-order valence-electron chi connectivity index (χ1n) is 6.36. The van der Waals surface area contributed by atoms with Crippen LogP contribution in [0.4, 0.5) is 4.39 Å². The lowest BCUT2D eigenvalue weighted by Crippen LogP contribution is -2.29. The van der Waals surface area contributed by atoms with Gasteiger partial charge < -0.3 is 4.74 Å². The Morgan fingerprint density at radius 1 is 1.25 bits per heavy atom. The van der Waals surface area contributed by atoms with Crippen LogP contribution in [0.25, 0.3) is 0 Å². The lowest BCUT2D eigenvalue weighted by molar-refractivity contribution is 0.350. The number of nitrogens with two attached hydrogens (primary N) is 1. The zero-order valence-electron chi connectivity index (χ0n) is 10.7. The summed E-state index contributed by atoms with van der Waals surface area (Å²) >= 11 is 3.39. The fraction of sp³-hybridized carbons (Fsp3) is 0.200. The number of halogens is 2. The Morgan fingerprint density at radius 3 is 2.85 bits per heavy atom. The Balaban J connectivity index is 2.09. The van der Waals surface area contributed by atoms with Crippen molar-refractivity contribution in [2.24, 2.45) is 5.84 Å². The first kappa shape index (κ1) is 13.5. The smallest absolute Gasteiger partial charge is 0.127 e. The molecule has 5 heteroatoms. The van der Waals surface area contributed by atoms with Gasteiger partial charge in [0.25, 0.3) is 0 Å². The van der Waals surface area contributed by atoms with Gasteiger partial charge in [0.15, 0.2) is 0 Å². The predicted molar refractivity (Wildman–Crippen MR) is 78.9 cm³/mol. The molecule has 1 aliphatic heterocycles. The lowest BCUT2D eigenvalue weighted by atomic mass is 9.96. The highest BCUT2D eigenvalue weighted by Gasteiger charge is 2.24. The van der Waals surface area contributed by atoms with Crippen LogP contribution in [0.2, 0.25) is 0 Å². The molecule has 0 saturated heterocycles. The van der Waals surface area contributed by atoms with Crippen LogP contribution in [0.15, 0.2) is 40.9 Å². The van der Waals surface area contributed by atoms with Crippen LogP contribution >= 0.6 is 15.9 Å². The van der Waals surface area contributed by atoms with Crippen molar-refractivity contribution in [1.29, 1.82) is 0 Å². The summed E-state index contributed by atoms with van der Waals surface area (Å²) < 4.78 is 19.6. The Bertz CT molecular complexity index is 648. The topological polar surface area (TPSA) is 47.3 Å². The van der Waals surface area contributed by atoms with Crippen molar-refractivity contribution in [3.63, 3.8) is 0 Å². The Hall–Kier alpha value is -1.43. The molecule has 3 nitrogen and oxygen atoms in total. The second-order valence-electron chi connectivity index (χ2n) is 4.70. The second-order valence-corrected chi connectivity index (χ2v) is 5.55. The van der Waals surface area contributed by atoms with Gasteiger partial charge in [0.1, 0.15) is 11.6 Å². The molecular formula is C15H14BrFN2O. The number of para-hydroxylation sites is 1. The van der Waals surface area contributed by atoms with Gasteiger partial charge in [-0.05, 0) is 23.3 Å². The maximum atomic E-state index is 13.2. The number of ether oxygens (including phenoxy) is 1. The summed E-state index contributed by atoms with van der Waals surface area (Å²) in [5.74, 6) is 6.31. The summed E-state index contributed by atoms with van der Waals surface area (Å²) in [5, 5.41) is 0. The van der Waals surface area contributed by atoms with Crippen molar-refractivity contribution in [1.82, 2.24) is 5.43 Å². The highest BCUT2D eigenvalue weighted by molar-refractivity contribution is 9.10. The Kier molecular flexibility index (Phi) is 3.74. The molecule has 20 heavy (non-hydrogen) atoms. The molecule has 0 saturated carbocycles. The van der Waals surface area contributed by atoms with E-state index in [0.717, 1.165) is 23.3 Å². The fourth-order valence-electron chi connectivity index (χ4n) is 2.55. The summed E-state index contributed by atoms with van der Waals surface area (Å²) in [7, 11) is 0. The van der Waals surface area contributed by atoms with Gasteiger partial charge in [-0.25, -0.2) is 9.82 Å². The van der Waals surface area contributed by atoms with Crippen molar-refractivity contribution in [2.45, 2.75) is 12.5 Å². The van der Waals surface area contributed by atoms with Gasteiger partial charge in [-0.15, -0.1) is 0 Å². The molecule has 1 atom stereocenters. The average molecular weight is 337 g/mol. The predicted octanol–water partition coefficient (Wildman–Crippen LogP) is 3.08. The molecular weight excluding hydrogens is 323 g/mol. The van der Waals surface area contributed by atoms with Gasteiger partial charge in [0.05, 0.1) is 12.6 Å². The highest BCUT2D eigenvalue weighted by Crippen LogP contribution is 2.37. The SMILES string of the molecule is NNC(c1ccc(F)cc1Br)c1cccc2c1OCC2. The van der Waals surface area contributed by atoms with Crippen LogP contribution in [0.3, 0.4) is 0 Å². The van der Waals surface area contributed by atoms with E-state index in [4.69, 9.17) is 10.6 Å². The second kappa shape index (κ2) is 5.52. The number of hydrogen-bond donors (Lipinski definition) is 2. The van der Waals surface area contributed by atoms with Gasteiger partial charge >= 0.3 is 0 Å². The molecule has 0 amide bonds. The van der Waals surface area contributed by atoms with E-state index in [1.54, 1.807) is 6.07 Å². The van der Waals surface area contributed by atoms with Crippen LogP contribution in [0.1, 0.15) is 22.7 Å². The van der Waals surface area contributed by atoms with Crippen molar-refractivity contribution < 1.29 is 9.13 Å². The molecule has 104 valence electrons. The van der Waals surface area contributed by atoms with E-state index < -0.39 is 0 Å². The summed E-state index contributed by atoms with van der Waals surface area (Å²) in [6, 6.07) is 10.4. The van der Waals surface area contributed by atoms with E-state index in [-0.39, 0.29) is 11.9 Å². The van der Waals surface area contributed by atoms with Crippen LogP contribution in [-0.2, 0) is 6.42 Å². The Morgan fingerprint density at radius 2 is 2.10 bits per heavy atom. The summed E-state index contributed by atoms with van der Waals surface area (Å²) in [4.78, 5) is 0. The molecule has 1 heterocycles. The van der Waals surface area contributed by atoms with Crippen molar-refractivity contribution in [3.8, 4) is 5.75 Å². The van der Waals surface area contributed by atoms with E-state index in [1.807, 2.05) is 12.1 Å². The molecule has 0 radical (unpaired) electrons. The number of benzene rings is 2. The minimum atomic E-state index is -0.286. The Labute approximate surface area is 125 Å². The van der Waals surface area contributed by atoms with Crippen molar-refractivity contribution in [3.05, 3.63) is 63.4 Å². The largest absolute Gasteiger partial charge is 0.493 e. The molecule has 2 aromatic carbocycles. The number of fused-ring (bicyclic) bond motifs is 1. The third kappa shape index (κ3) is 2.32. The van der Waals surface area contributed by atoms with Crippen LogP contribution < -0.4 is 16.0 Å². The molecule has 2 aromatic rings. The minimum Gasteiger partial charge on any atom is -0.493 e. The van der Waals surface area contributed by atoms with Gasteiger partial charge in [-0.1, -0.05) is 40.2 Å². The molecule has 0 aliphatic carbocycles. The molecule has 3 N–H and O–H groups in total. The van der Waals surface area contributed by atoms with Gasteiger partial charge in [0, 0.05) is 16.5 Å². The van der Waals surface area contributed by atoms with Gasteiger partial charge in [0.2, 0.25) is 0 Å². The molecule has 1 unspecified atom stereocenters. The van der Waals surface area contributed by atoms with E-state index in [9.17, 15) is 4.39 Å². The number of hydrazine groups is 1.